The van der Waals surface area contributed by atoms with E-state index in [-0.39, 0.29) is 23.4 Å². The van der Waals surface area contributed by atoms with Crippen molar-refractivity contribution in [3.8, 4) is 0 Å². The molecule has 1 atom stereocenters. The summed E-state index contributed by atoms with van der Waals surface area (Å²) in [4.78, 5) is 29.1. The first kappa shape index (κ1) is 30.1. The first-order valence-electron chi connectivity index (χ1n) is 13.4. The first-order valence-corrected chi connectivity index (χ1v) is 16.0. The fourth-order valence-corrected chi connectivity index (χ4v) is 6.99. The number of halogens is 2. The maximum atomic E-state index is 14.1. The Morgan fingerprint density at radius 1 is 1.00 bits per heavy atom. The molecule has 0 heterocycles. The molecule has 1 unspecified atom stereocenters. The van der Waals surface area contributed by atoms with Gasteiger partial charge in [-0.3, -0.25) is 13.9 Å². The number of carbonyl (C=O) groups is 2. The number of benzene rings is 3. The van der Waals surface area contributed by atoms with Crippen molar-refractivity contribution < 1.29 is 18.0 Å². The van der Waals surface area contributed by atoms with E-state index in [4.69, 9.17) is 11.6 Å². The monoisotopic (exact) mass is 645 g/mol. The quantitative estimate of drug-likeness (QED) is 0.270. The van der Waals surface area contributed by atoms with Crippen molar-refractivity contribution in [3.05, 3.63) is 93.9 Å². The summed E-state index contributed by atoms with van der Waals surface area (Å²) in [5.74, 6) is -0.748. The molecule has 0 radical (unpaired) electrons. The molecule has 0 aliphatic heterocycles. The van der Waals surface area contributed by atoms with Gasteiger partial charge in [-0.2, -0.15) is 0 Å². The van der Waals surface area contributed by atoms with Crippen LogP contribution in [0.15, 0.2) is 88.2 Å². The van der Waals surface area contributed by atoms with Crippen molar-refractivity contribution in [2.45, 2.75) is 62.6 Å². The van der Waals surface area contributed by atoms with Crippen LogP contribution in [0.5, 0.6) is 0 Å². The molecule has 1 fully saturated rings. The minimum absolute atomic E-state index is 0.0615. The van der Waals surface area contributed by atoms with Crippen molar-refractivity contribution in [2.75, 3.05) is 10.8 Å². The van der Waals surface area contributed by atoms with Crippen LogP contribution in [0.4, 0.5) is 5.69 Å². The summed E-state index contributed by atoms with van der Waals surface area (Å²) in [6.45, 7) is 1.41. The predicted octanol–water partition coefficient (Wildman–Crippen LogP) is 6.16. The Hall–Kier alpha value is -2.88. The van der Waals surface area contributed by atoms with Crippen LogP contribution in [0.3, 0.4) is 0 Å². The van der Waals surface area contributed by atoms with Gasteiger partial charge in [0.05, 0.1) is 10.6 Å². The van der Waals surface area contributed by atoms with Crippen LogP contribution in [0.1, 0.15) is 44.6 Å². The van der Waals surface area contributed by atoms with Gasteiger partial charge in [-0.15, -0.1) is 0 Å². The molecule has 4 rings (SSSR count). The van der Waals surface area contributed by atoms with Gasteiger partial charge in [-0.1, -0.05) is 89.8 Å². The van der Waals surface area contributed by atoms with E-state index >= 15 is 0 Å². The van der Waals surface area contributed by atoms with E-state index in [2.05, 4.69) is 21.2 Å². The highest BCUT2D eigenvalue weighted by molar-refractivity contribution is 9.10. The number of anilines is 1. The zero-order chi connectivity index (χ0) is 28.7. The number of carbonyl (C=O) groups excluding carboxylic acids is 2. The molecule has 1 saturated carbocycles. The number of nitrogens with one attached hydrogen (secondary N) is 1. The van der Waals surface area contributed by atoms with Gasteiger partial charge in [-0.05, 0) is 61.2 Å². The normalized spacial score (nSPS) is 14.5. The second kappa shape index (κ2) is 13.7. The Kier molecular flexibility index (Phi) is 10.3. The summed E-state index contributed by atoms with van der Waals surface area (Å²) in [7, 11) is -4.11. The maximum Gasteiger partial charge on any atom is 0.264 e. The van der Waals surface area contributed by atoms with Crippen molar-refractivity contribution >= 4 is 55.1 Å². The third kappa shape index (κ3) is 7.25. The van der Waals surface area contributed by atoms with Gasteiger partial charge in [0.1, 0.15) is 12.6 Å². The topological polar surface area (TPSA) is 86.8 Å². The first-order chi connectivity index (χ1) is 19.2. The highest BCUT2D eigenvalue weighted by atomic mass is 79.9. The summed E-state index contributed by atoms with van der Waals surface area (Å²) >= 11 is 9.87. The molecule has 0 spiro atoms. The average molecular weight is 647 g/mol. The molecule has 0 saturated heterocycles. The number of sulfonamides is 1. The molecule has 0 aromatic heterocycles. The summed E-state index contributed by atoms with van der Waals surface area (Å²) in [5.41, 5.74) is 0.997. The lowest BCUT2D eigenvalue weighted by Crippen LogP contribution is -2.53. The van der Waals surface area contributed by atoms with Gasteiger partial charge < -0.3 is 10.2 Å². The lowest BCUT2D eigenvalue weighted by Gasteiger charge is -2.34. The second-order valence-electron chi connectivity index (χ2n) is 9.83. The molecule has 212 valence electrons. The molecule has 2 amide bonds. The largest absolute Gasteiger partial charge is 0.352 e. The maximum absolute atomic E-state index is 14.1. The summed E-state index contributed by atoms with van der Waals surface area (Å²) in [6, 6.07) is 21.2. The van der Waals surface area contributed by atoms with Crippen LogP contribution in [-0.2, 0) is 26.2 Å². The van der Waals surface area contributed by atoms with E-state index in [0.29, 0.717) is 27.2 Å². The van der Waals surface area contributed by atoms with Gasteiger partial charge in [0.15, 0.2) is 0 Å². The van der Waals surface area contributed by atoms with Crippen LogP contribution in [0.2, 0.25) is 5.02 Å². The standard InChI is InChI=1S/C30H33BrClN3O4S/c1-2-28(30(37)33-24-13-7-8-14-24)34(20-22-11-6-9-18-27(22)32)29(36)21-35(25-15-10-12-23(31)19-25)40(38,39)26-16-4-3-5-17-26/h3-6,9-12,15-19,24,28H,2,7-8,13-14,20-21H2,1H3,(H,33,37). The highest BCUT2D eigenvalue weighted by Crippen LogP contribution is 2.28. The SMILES string of the molecule is CCC(C(=O)NC1CCCC1)N(Cc1ccccc1Cl)C(=O)CN(c1cccc(Br)c1)S(=O)(=O)c1ccccc1. The molecular formula is C30H33BrClN3O4S. The Morgan fingerprint density at radius 2 is 1.68 bits per heavy atom. The van der Waals surface area contributed by atoms with Gasteiger partial charge in [0.2, 0.25) is 11.8 Å². The van der Waals surface area contributed by atoms with Crippen LogP contribution in [-0.4, -0.2) is 43.8 Å². The van der Waals surface area contributed by atoms with Gasteiger partial charge in [0, 0.05) is 22.1 Å². The average Bonchev–Trinajstić information content (AvgIpc) is 3.46. The van der Waals surface area contributed by atoms with Crippen LogP contribution >= 0.6 is 27.5 Å². The number of rotatable bonds is 11. The molecule has 1 aliphatic carbocycles. The summed E-state index contributed by atoms with van der Waals surface area (Å²) < 4.78 is 29.5. The van der Waals surface area contributed by atoms with Crippen LogP contribution in [0.25, 0.3) is 0 Å². The Balaban J connectivity index is 1.71. The molecule has 0 bridgehead atoms. The van der Waals surface area contributed by atoms with E-state index in [9.17, 15) is 18.0 Å². The fraction of sp³-hybridized carbons (Fsp3) is 0.333. The van der Waals surface area contributed by atoms with Gasteiger partial charge in [-0.25, -0.2) is 8.42 Å². The number of nitrogens with zero attached hydrogens (tertiary/aromatic N) is 2. The van der Waals surface area contributed by atoms with E-state index < -0.39 is 28.5 Å². The molecule has 3 aromatic rings. The Morgan fingerprint density at radius 3 is 2.33 bits per heavy atom. The summed E-state index contributed by atoms with van der Waals surface area (Å²) in [6.07, 6.45) is 4.29. The van der Waals surface area contributed by atoms with E-state index in [1.54, 1.807) is 60.7 Å². The predicted molar refractivity (Wildman–Crippen MR) is 162 cm³/mol. The fourth-order valence-electron chi connectivity index (χ4n) is 4.98. The third-order valence-corrected chi connectivity index (χ3v) is 9.74. The molecule has 1 aliphatic rings. The lowest BCUT2D eigenvalue weighted by molar-refractivity contribution is -0.140. The molecular weight excluding hydrogens is 614 g/mol. The molecule has 40 heavy (non-hydrogen) atoms. The Labute approximate surface area is 249 Å². The van der Waals surface area contributed by atoms with E-state index in [1.165, 1.54) is 17.0 Å². The number of hydrogen-bond donors (Lipinski definition) is 1. The number of hydrogen-bond acceptors (Lipinski definition) is 4. The van der Waals surface area contributed by atoms with Crippen molar-refractivity contribution in [1.29, 1.82) is 0 Å². The van der Waals surface area contributed by atoms with E-state index in [0.717, 1.165) is 30.0 Å². The highest BCUT2D eigenvalue weighted by Gasteiger charge is 2.34. The zero-order valence-electron chi connectivity index (χ0n) is 22.3. The van der Waals surface area contributed by atoms with Gasteiger partial charge >= 0.3 is 0 Å². The molecule has 1 N–H and O–H groups in total. The van der Waals surface area contributed by atoms with Crippen LogP contribution in [0, 0.1) is 0 Å². The van der Waals surface area contributed by atoms with E-state index in [1.807, 2.05) is 13.0 Å². The Bertz CT molecular complexity index is 1430. The van der Waals surface area contributed by atoms with Crippen molar-refractivity contribution in [3.63, 3.8) is 0 Å². The zero-order valence-corrected chi connectivity index (χ0v) is 25.5. The second-order valence-corrected chi connectivity index (χ2v) is 13.0. The van der Waals surface area contributed by atoms with Crippen LogP contribution < -0.4 is 9.62 Å². The summed E-state index contributed by atoms with van der Waals surface area (Å²) in [5, 5.41) is 3.58. The smallest absolute Gasteiger partial charge is 0.264 e. The lowest BCUT2D eigenvalue weighted by atomic mass is 10.1. The molecule has 3 aromatic carbocycles. The minimum Gasteiger partial charge on any atom is -0.352 e. The molecule has 7 nitrogen and oxygen atoms in total. The van der Waals surface area contributed by atoms with Gasteiger partial charge in [0.25, 0.3) is 10.0 Å². The van der Waals surface area contributed by atoms with Crippen molar-refractivity contribution in [1.82, 2.24) is 10.2 Å². The van der Waals surface area contributed by atoms with Crippen molar-refractivity contribution in [2.24, 2.45) is 0 Å². The number of amides is 2. The third-order valence-electron chi connectivity index (χ3n) is 7.09. The molecule has 10 heteroatoms. The minimum atomic E-state index is -4.11.